The Balaban J connectivity index is 1.77. The number of carbonyl (C=O) groups excluding carboxylic acids is 1. The van der Waals surface area contributed by atoms with Crippen LogP contribution in [0.4, 0.5) is 10.1 Å². The maximum atomic E-state index is 13.0. The third-order valence-corrected chi connectivity index (χ3v) is 4.79. The standard InChI is InChI=1S/C15H21FN2OS/c1-2-20-14-8-4-7-13(14)17-10-15(19)18-12-6-3-5-11(16)9-12/h3,5-6,9,13-14,17H,2,4,7-8,10H2,1H3,(H,18,19). The van der Waals surface area contributed by atoms with Gasteiger partial charge in [0.25, 0.3) is 0 Å². The Labute approximate surface area is 123 Å². The highest BCUT2D eigenvalue weighted by Crippen LogP contribution is 2.29. The van der Waals surface area contributed by atoms with Crippen LogP contribution in [0, 0.1) is 5.82 Å². The number of hydrogen-bond acceptors (Lipinski definition) is 3. The van der Waals surface area contributed by atoms with E-state index in [9.17, 15) is 9.18 Å². The molecule has 20 heavy (non-hydrogen) atoms. The third kappa shape index (κ3) is 4.49. The van der Waals surface area contributed by atoms with Crippen molar-refractivity contribution < 1.29 is 9.18 Å². The lowest BCUT2D eigenvalue weighted by Crippen LogP contribution is -2.39. The van der Waals surface area contributed by atoms with Gasteiger partial charge in [0.05, 0.1) is 6.54 Å². The van der Waals surface area contributed by atoms with E-state index in [1.807, 2.05) is 11.8 Å². The van der Waals surface area contributed by atoms with Crippen LogP contribution >= 0.6 is 11.8 Å². The minimum Gasteiger partial charge on any atom is -0.325 e. The number of hydrogen-bond donors (Lipinski definition) is 2. The molecule has 1 aromatic carbocycles. The van der Waals surface area contributed by atoms with Crippen LogP contribution in [-0.2, 0) is 4.79 Å². The van der Waals surface area contributed by atoms with E-state index in [1.54, 1.807) is 12.1 Å². The summed E-state index contributed by atoms with van der Waals surface area (Å²) in [6, 6.07) is 6.37. The van der Waals surface area contributed by atoms with Crippen molar-refractivity contribution in [1.29, 1.82) is 0 Å². The molecule has 0 bridgehead atoms. The van der Waals surface area contributed by atoms with Gasteiger partial charge in [-0.05, 0) is 36.8 Å². The fraction of sp³-hybridized carbons (Fsp3) is 0.533. The normalized spacial score (nSPS) is 21.9. The van der Waals surface area contributed by atoms with Crippen LogP contribution in [0.15, 0.2) is 24.3 Å². The summed E-state index contributed by atoms with van der Waals surface area (Å²) in [6.45, 7) is 2.44. The molecule has 1 aromatic rings. The molecule has 2 N–H and O–H groups in total. The topological polar surface area (TPSA) is 41.1 Å². The van der Waals surface area contributed by atoms with E-state index in [4.69, 9.17) is 0 Å². The molecule has 0 saturated heterocycles. The summed E-state index contributed by atoms with van der Waals surface area (Å²) in [5, 5.41) is 6.64. The summed E-state index contributed by atoms with van der Waals surface area (Å²) in [5.74, 6) is 0.645. The first kappa shape index (κ1) is 15.3. The summed E-state index contributed by atoms with van der Waals surface area (Å²) in [6.07, 6.45) is 3.58. The van der Waals surface area contributed by atoms with Crippen molar-refractivity contribution in [2.75, 3.05) is 17.6 Å². The summed E-state index contributed by atoms with van der Waals surface area (Å²) in [4.78, 5) is 11.8. The first-order valence-corrected chi connectivity index (χ1v) is 8.14. The van der Waals surface area contributed by atoms with Gasteiger partial charge in [0, 0.05) is 17.0 Å². The molecule has 0 aliphatic heterocycles. The predicted octanol–water partition coefficient (Wildman–Crippen LogP) is 3.03. The molecular formula is C15H21FN2OS. The summed E-state index contributed by atoms with van der Waals surface area (Å²) >= 11 is 1.96. The van der Waals surface area contributed by atoms with Gasteiger partial charge >= 0.3 is 0 Å². The quantitative estimate of drug-likeness (QED) is 0.848. The van der Waals surface area contributed by atoms with Gasteiger partial charge in [0.1, 0.15) is 5.82 Å². The molecule has 110 valence electrons. The van der Waals surface area contributed by atoms with Gasteiger partial charge in [0.2, 0.25) is 5.91 Å². The molecule has 5 heteroatoms. The van der Waals surface area contributed by atoms with Crippen molar-refractivity contribution in [2.45, 2.75) is 37.5 Å². The Hall–Kier alpha value is -1.07. The molecular weight excluding hydrogens is 275 g/mol. The second-order valence-electron chi connectivity index (χ2n) is 4.97. The van der Waals surface area contributed by atoms with E-state index in [0.717, 1.165) is 12.2 Å². The van der Waals surface area contributed by atoms with Gasteiger partial charge < -0.3 is 10.6 Å². The smallest absolute Gasteiger partial charge is 0.238 e. The SMILES string of the molecule is CCSC1CCCC1NCC(=O)Nc1cccc(F)c1. The summed E-state index contributed by atoms with van der Waals surface area (Å²) in [7, 11) is 0. The van der Waals surface area contributed by atoms with Gasteiger partial charge in [-0.25, -0.2) is 4.39 Å². The summed E-state index contributed by atoms with van der Waals surface area (Å²) < 4.78 is 13.0. The molecule has 1 aliphatic rings. The highest BCUT2D eigenvalue weighted by molar-refractivity contribution is 7.99. The van der Waals surface area contributed by atoms with E-state index in [2.05, 4.69) is 17.6 Å². The number of halogens is 1. The number of amides is 1. The first-order valence-electron chi connectivity index (χ1n) is 7.09. The number of nitrogens with one attached hydrogen (secondary N) is 2. The van der Waals surface area contributed by atoms with Crippen LogP contribution in [0.5, 0.6) is 0 Å². The molecule has 0 aromatic heterocycles. The largest absolute Gasteiger partial charge is 0.325 e. The van der Waals surface area contributed by atoms with Crippen molar-refractivity contribution in [3.05, 3.63) is 30.1 Å². The fourth-order valence-corrected chi connectivity index (χ4v) is 3.79. The van der Waals surface area contributed by atoms with Crippen LogP contribution in [0.2, 0.25) is 0 Å². The average molecular weight is 296 g/mol. The van der Waals surface area contributed by atoms with Gasteiger partial charge in [-0.3, -0.25) is 4.79 Å². The van der Waals surface area contributed by atoms with Gasteiger partial charge in [-0.2, -0.15) is 11.8 Å². The maximum absolute atomic E-state index is 13.0. The summed E-state index contributed by atoms with van der Waals surface area (Å²) in [5.41, 5.74) is 0.503. The fourth-order valence-electron chi connectivity index (χ4n) is 2.57. The van der Waals surface area contributed by atoms with E-state index >= 15 is 0 Å². The number of rotatable bonds is 6. The zero-order valence-electron chi connectivity index (χ0n) is 11.7. The molecule has 3 nitrogen and oxygen atoms in total. The minimum absolute atomic E-state index is 0.122. The average Bonchev–Trinajstić information content (AvgIpc) is 2.84. The molecule has 0 radical (unpaired) electrons. The van der Waals surface area contributed by atoms with Crippen LogP contribution in [-0.4, -0.2) is 29.5 Å². The molecule has 0 spiro atoms. The molecule has 1 amide bonds. The van der Waals surface area contributed by atoms with E-state index in [-0.39, 0.29) is 18.3 Å². The maximum Gasteiger partial charge on any atom is 0.238 e. The molecule has 1 fully saturated rings. The Morgan fingerprint density at radius 1 is 1.45 bits per heavy atom. The van der Waals surface area contributed by atoms with Crippen molar-refractivity contribution >= 4 is 23.4 Å². The Bertz CT molecular complexity index is 455. The first-order chi connectivity index (χ1) is 9.69. The van der Waals surface area contributed by atoms with Crippen LogP contribution in [0.25, 0.3) is 0 Å². The van der Waals surface area contributed by atoms with Crippen LogP contribution in [0.3, 0.4) is 0 Å². The zero-order valence-corrected chi connectivity index (χ0v) is 12.5. The number of anilines is 1. The second kappa shape index (κ2) is 7.64. The van der Waals surface area contributed by atoms with Gasteiger partial charge in [0.15, 0.2) is 0 Å². The highest BCUT2D eigenvalue weighted by Gasteiger charge is 2.26. The molecule has 0 heterocycles. The molecule has 1 saturated carbocycles. The lowest BCUT2D eigenvalue weighted by Gasteiger charge is -2.19. The molecule has 2 rings (SSSR count). The van der Waals surface area contributed by atoms with Crippen LogP contribution in [0.1, 0.15) is 26.2 Å². The third-order valence-electron chi connectivity index (χ3n) is 3.47. The van der Waals surface area contributed by atoms with Crippen molar-refractivity contribution in [3.63, 3.8) is 0 Å². The lowest BCUT2D eigenvalue weighted by atomic mass is 10.2. The Morgan fingerprint density at radius 3 is 3.05 bits per heavy atom. The van der Waals surface area contributed by atoms with Crippen molar-refractivity contribution in [3.8, 4) is 0 Å². The highest BCUT2D eigenvalue weighted by atomic mass is 32.2. The van der Waals surface area contributed by atoms with E-state index < -0.39 is 0 Å². The Morgan fingerprint density at radius 2 is 2.30 bits per heavy atom. The Kier molecular flexibility index (Phi) is 5.86. The lowest BCUT2D eigenvalue weighted by molar-refractivity contribution is -0.115. The minimum atomic E-state index is -0.342. The van der Waals surface area contributed by atoms with Gasteiger partial charge in [-0.1, -0.05) is 19.4 Å². The van der Waals surface area contributed by atoms with E-state index in [0.29, 0.717) is 17.0 Å². The van der Waals surface area contributed by atoms with Gasteiger partial charge in [-0.15, -0.1) is 0 Å². The molecule has 2 unspecified atom stereocenters. The predicted molar refractivity (Wildman–Crippen MR) is 82.6 cm³/mol. The molecule has 1 aliphatic carbocycles. The second-order valence-corrected chi connectivity index (χ2v) is 6.49. The zero-order chi connectivity index (χ0) is 14.4. The number of thioether (sulfide) groups is 1. The van der Waals surface area contributed by atoms with E-state index in [1.165, 1.54) is 25.0 Å². The monoisotopic (exact) mass is 296 g/mol. The van der Waals surface area contributed by atoms with Crippen molar-refractivity contribution in [1.82, 2.24) is 5.32 Å². The molecule has 2 atom stereocenters. The van der Waals surface area contributed by atoms with Crippen LogP contribution < -0.4 is 10.6 Å². The van der Waals surface area contributed by atoms with Crippen molar-refractivity contribution in [2.24, 2.45) is 0 Å². The number of carbonyl (C=O) groups is 1. The number of benzene rings is 1.